The van der Waals surface area contributed by atoms with Crippen molar-refractivity contribution in [3.63, 3.8) is 0 Å². The Morgan fingerprint density at radius 2 is 2.00 bits per heavy atom. The number of ether oxygens (including phenoxy) is 2. The second-order valence-electron chi connectivity index (χ2n) is 4.01. The lowest BCUT2D eigenvalue weighted by Gasteiger charge is -2.16. The van der Waals surface area contributed by atoms with Crippen LogP contribution in [0.3, 0.4) is 0 Å². The van der Waals surface area contributed by atoms with Crippen molar-refractivity contribution >= 4 is 5.97 Å². The maximum atomic E-state index is 13.7. The Hall–Kier alpha value is -1.82. The number of hydrogen-bond donors (Lipinski definition) is 2. The van der Waals surface area contributed by atoms with Gasteiger partial charge in [-0.25, -0.2) is 4.39 Å². The molecule has 1 unspecified atom stereocenters. The Balaban J connectivity index is 3.24. The van der Waals surface area contributed by atoms with Crippen LogP contribution in [0.2, 0.25) is 0 Å². The van der Waals surface area contributed by atoms with Crippen molar-refractivity contribution in [2.45, 2.75) is 26.0 Å². The van der Waals surface area contributed by atoms with E-state index in [1.54, 1.807) is 13.8 Å². The van der Waals surface area contributed by atoms with E-state index < -0.39 is 17.8 Å². The Morgan fingerprint density at radius 1 is 1.39 bits per heavy atom. The summed E-state index contributed by atoms with van der Waals surface area (Å²) in [6, 6.07) is 0.883. The SMILES string of the molecule is COc1cc(F)c(C(N)C(=O)O)cc1OC(C)C. The highest BCUT2D eigenvalue weighted by Gasteiger charge is 2.22. The van der Waals surface area contributed by atoms with Crippen LogP contribution < -0.4 is 15.2 Å². The maximum Gasteiger partial charge on any atom is 0.325 e. The number of carbonyl (C=O) groups is 1. The summed E-state index contributed by atoms with van der Waals surface area (Å²) in [6.07, 6.45) is -0.154. The molecule has 0 aliphatic rings. The van der Waals surface area contributed by atoms with Crippen LogP contribution in [0.4, 0.5) is 4.39 Å². The summed E-state index contributed by atoms with van der Waals surface area (Å²) >= 11 is 0. The molecule has 0 aliphatic carbocycles. The summed E-state index contributed by atoms with van der Waals surface area (Å²) in [7, 11) is 1.37. The topological polar surface area (TPSA) is 81.8 Å². The zero-order valence-electron chi connectivity index (χ0n) is 10.4. The predicted molar refractivity (Wildman–Crippen MR) is 63.3 cm³/mol. The van der Waals surface area contributed by atoms with Gasteiger partial charge in [-0.15, -0.1) is 0 Å². The van der Waals surface area contributed by atoms with Gasteiger partial charge in [0.1, 0.15) is 11.9 Å². The summed E-state index contributed by atoms with van der Waals surface area (Å²) in [6.45, 7) is 3.58. The zero-order valence-corrected chi connectivity index (χ0v) is 10.4. The highest BCUT2D eigenvalue weighted by Crippen LogP contribution is 2.32. The van der Waals surface area contributed by atoms with Crippen molar-refractivity contribution in [3.05, 3.63) is 23.5 Å². The first-order valence-electron chi connectivity index (χ1n) is 5.39. The van der Waals surface area contributed by atoms with E-state index in [2.05, 4.69) is 0 Å². The summed E-state index contributed by atoms with van der Waals surface area (Å²) < 4.78 is 24.1. The van der Waals surface area contributed by atoms with Gasteiger partial charge in [-0.05, 0) is 19.9 Å². The van der Waals surface area contributed by atoms with Crippen LogP contribution in [-0.4, -0.2) is 24.3 Å². The molecule has 1 aromatic carbocycles. The van der Waals surface area contributed by atoms with Gasteiger partial charge in [0.25, 0.3) is 0 Å². The lowest BCUT2D eigenvalue weighted by atomic mass is 10.1. The molecule has 0 heterocycles. The standard InChI is InChI=1S/C12H16FNO4/c1-6(2)18-10-4-7(11(14)12(15)16)8(13)5-9(10)17-3/h4-6,11H,14H2,1-3H3,(H,15,16). The molecule has 0 radical (unpaired) electrons. The van der Waals surface area contributed by atoms with Gasteiger partial charge in [-0.3, -0.25) is 4.79 Å². The molecule has 0 saturated carbocycles. The van der Waals surface area contributed by atoms with Gasteiger partial charge < -0.3 is 20.3 Å². The molecule has 0 bridgehead atoms. The Kier molecular flexibility index (Phi) is 4.49. The predicted octanol–water partition coefficient (Wildman–Crippen LogP) is 1.71. The summed E-state index contributed by atoms with van der Waals surface area (Å²) in [5.41, 5.74) is 5.25. The van der Waals surface area contributed by atoms with E-state index in [4.69, 9.17) is 20.3 Å². The second-order valence-corrected chi connectivity index (χ2v) is 4.01. The maximum absolute atomic E-state index is 13.7. The number of carboxylic acid groups (broad SMARTS) is 1. The average Bonchev–Trinajstić information content (AvgIpc) is 2.29. The minimum Gasteiger partial charge on any atom is -0.493 e. The van der Waals surface area contributed by atoms with Crippen molar-refractivity contribution in [2.75, 3.05) is 7.11 Å². The molecule has 0 aliphatic heterocycles. The number of aliphatic carboxylic acids is 1. The van der Waals surface area contributed by atoms with Crippen LogP contribution in [-0.2, 0) is 4.79 Å². The van der Waals surface area contributed by atoms with E-state index in [0.717, 1.165) is 6.07 Å². The fraction of sp³-hybridized carbons (Fsp3) is 0.417. The van der Waals surface area contributed by atoms with Gasteiger partial charge in [-0.2, -0.15) is 0 Å². The van der Waals surface area contributed by atoms with Crippen molar-refractivity contribution in [2.24, 2.45) is 5.73 Å². The minimum atomic E-state index is -1.44. The van der Waals surface area contributed by atoms with E-state index in [-0.39, 0.29) is 23.2 Å². The molecule has 3 N–H and O–H groups in total. The highest BCUT2D eigenvalue weighted by atomic mass is 19.1. The molecule has 100 valence electrons. The van der Waals surface area contributed by atoms with Gasteiger partial charge in [0.15, 0.2) is 11.5 Å². The summed E-state index contributed by atoms with van der Waals surface area (Å²) in [4.78, 5) is 10.8. The van der Waals surface area contributed by atoms with Gasteiger partial charge in [0.05, 0.1) is 13.2 Å². The minimum absolute atomic E-state index is 0.140. The van der Waals surface area contributed by atoms with Crippen LogP contribution >= 0.6 is 0 Å². The third-order valence-corrected chi connectivity index (χ3v) is 2.25. The fourth-order valence-electron chi connectivity index (χ4n) is 1.43. The lowest BCUT2D eigenvalue weighted by Crippen LogP contribution is -2.22. The Morgan fingerprint density at radius 3 is 2.44 bits per heavy atom. The number of rotatable bonds is 5. The van der Waals surface area contributed by atoms with E-state index in [1.807, 2.05) is 0 Å². The van der Waals surface area contributed by atoms with Gasteiger partial charge in [0, 0.05) is 11.6 Å². The van der Waals surface area contributed by atoms with Crippen molar-refractivity contribution in [1.29, 1.82) is 0 Å². The molecule has 5 nitrogen and oxygen atoms in total. The van der Waals surface area contributed by atoms with Gasteiger partial charge in [0.2, 0.25) is 0 Å². The third kappa shape index (κ3) is 3.10. The molecule has 1 atom stereocenters. The van der Waals surface area contributed by atoms with Crippen molar-refractivity contribution in [3.8, 4) is 11.5 Å². The zero-order chi connectivity index (χ0) is 13.9. The Bertz CT molecular complexity index is 448. The molecule has 0 aromatic heterocycles. The molecule has 0 amide bonds. The van der Waals surface area contributed by atoms with Crippen LogP contribution in [0, 0.1) is 5.82 Å². The highest BCUT2D eigenvalue weighted by molar-refractivity contribution is 5.75. The second kappa shape index (κ2) is 5.68. The van der Waals surface area contributed by atoms with Gasteiger partial charge in [-0.1, -0.05) is 0 Å². The average molecular weight is 257 g/mol. The first-order valence-corrected chi connectivity index (χ1v) is 5.39. The quantitative estimate of drug-likeness (QED) is 0.839. The van der Waals surface area contributed by atoms with E-state index in [0.29, 0.717) is 0 Å². The van der Waals surface area contributed by atoms with Crippen LogP contribution in [0.25, 0.3) is 0 Å². The molecular weight excluding hydrogens is 241 g/mol. The van der Waals surface area contributed by atoms with Crippen LogP contribution in [0.5, 0.6) is 11.5 Å². The summed E-state index contributed by atoms with van der Waals surface area (Å²) in [5, 5.41) is 8.80. The first-order chi connectivity index (χ1) is 8.36. The van der Waals surface area contributed by atoms with Crippen LogP contribution in [0.1, 0.15) is 25.5 Å². The number of hydrogen-bond acceptors (Lipinski definition) is 4. The largest absolute Gasteiger partial charge is 0.493 e. The summed E-state index contributed by atoms with van der Waals surface area (Å²) in [5.74, 6) is -1.59. The number of nitrogens with two attached hydrogens (primary N) is 1. The molecule has 6 heteroatoms. The van der Waals surface area contributed by atoms with E-state index >= 15 is 0 Å². The molecule has 1 rings (SSSR count). The van der Waals surface area contributed by atoms with Crippen molar-refractivity contribution in [1.82, 2.24) is 0 Å². The molecule has 0 spiro atoms. The number of carboxylic acids is 1. The smallest absolute Gasteiger partial charge is 0.325 e. The molecule has 1 aromatic rings. The van der Waals surface area contributed by atoms with E-state index in [1.165, 1.54) is 13.2 Å². The molecular formula is C12H16FNO4. The van der Waals surface area contributed by atoms with Crippen molar-refractivity contribution < 1.29 is 23.8 Å². The van der Waals surface area contributed by atoms with Crippen LogP contribution in [0.15, 0.2) is 12.1 Å². The molecule has 0 saturated heterocycles. The fourth-order valence-corrected chi connectivity index (χ4v) is 1.43. The van der Waals surface area contributed by atoms with E-state index in [9.17, 15) is 9.18 Å². The third-order valence-electron chi connectivity index (χ3n) is 2.25. The Labute approximate surface area is 104 Å². The van der Waals surface area contributed by atoms with Gasteiger partial charge >= 0.3 is 5.97 Å². The molecule has 0 fully saturated rings. The lowest BCUT2D eigenvalue weighted by molar-refractivity contribution is -0.138. The number of methoxy groups -OCH3 is 1. The normalized spacial score (nSPS) is 12.3. The first kappa shape index (κ1) is 14.2. The number of benzene rings is 1. The monoisotopic (exact) mass is 257 g/mol. The molecule has 18 heavy (non-hydrogen) atoms. The number of halogens is 1.